The van der Waals surface area contributed by atoms with Crippen LogP contribution in [0.3, 0.4) is 0 Å². The van der Waals surface area contributed by atoms with Crippen molar-refractivity contribution < 1.29 is 22.9 Å². The second kappa shape index (κ2) is 10.6. The molecule has 0 aliphatic carbocycles. The number of rotatable bonds is 9. The first kappa shape index (κ1) is 24.4. The fourth-order valence-electron chi connectivity index (χ4n) is 3.00. The number of hydrogen-bond donors (Lipinski definition) is 1. The number of hydrogen-bond acceptors (Lipinski definition) is 7. The molecule has 0 spiro atoms. The Hall–Kier alpha value is -4.25. The van der Waals surface area contributed by atoms with Crippen LogP contribution in [0, 0.1) is 17.0 Å². The van der Waals surface area contributed by atoms with Gasteiger partial charge in [-0.25, -0.2) is 13.8 Å². The number of amides is 1. The lowest BCUT2D eigenvalue weighted by Crippen LogP contribution is -2.39. The molecule has 3 rings (SSSR count). The molecular weight excluding hydrogens is 460 g/mol. The van der Waals surface area contributed by atoms with Gasteiger partial charge in [0.15, 0.2) is 0 Å². The molecule has 34 heavy (non-hydrogen) atoms. The first-order chi connectivity index (χ1) is 16.2. The molecule has 3 aromatic carbocycles. The molecule has 10 nitrogen and oxygen atoms in total. The van der Waals surface area contributed by atoms with Crippen LogP contribution < -0.4 is 14.5 Å². The highest BCUT2D eigenvalue weighted by Crippen LogP contribution is 2.32. The van der Waals surface area contributed by atoms with Crippen LogP contribution >= 0.6 is 0 Å². The number of sulfonamides is 1. The van der Waals surface area contributed by atoms with Crippen LogP contribution in [0.4, 0.5) is 11.4 Å². The highest BCUT2D eigenvalue weighted by atomic mass is 32.2. The van der Waals surface area contributed by atoms with E-state index in [1.165, 1.54) is 55.8 Å². The summed E-state index contributed by atoms with van der Waals surface area (Å²) < 4.78 is 33.1. The normalized spacial score (nSPS) is 11.2. The number of benzene rings is 3. The molecule has 0 saturated heterocycles. The Morgan fingerprint density at radius 1 is 1.09 bits per heavy atom. The standard InChI is InChI=1S/C23H22N4O6S/c1-17-7-13-20(14-8-17)34(31,32)26(21-5-3-4-6-22(21)33-2)16-23(28)25-24-15-18-9-11-19(12-10-18)27(29)30/h3-15H,16H2,1-2H3,(H,25,28)/b24-15-. The van der Waals surface area contributed by atoms with Gasteiger partial charge in [0.25, 0.3) is 21.6 Å². The number of nitrogens with one attached hydrogen (secondary N) is 1. The lowest BCUT2D eigenvalue weighted by Gasteiger charge is -2.25. The topological polar surface area (TPSA) is 131 Å². The molecule has 0 aromatic heterocycles. The van der Waals surface area contributed by atoms with Gasteiger partial charge in [0, 0.05) is 12.1 Å². The number of carbonyl (C=O) groups excluding carboxylic acids is 1. The number of hydrazone groups is 1. The second-order valence-electron chi connectivity index (χ2n) is 7.14. The van der Waals surface area contributed by atoms with Crippen LogP contribution in [0.2, 0.25) is 0 Å². The molecule has 1 N–H and O–H groups in total. The van der Waals surface area contributed by atoms with Crippen molar-refractivity contribution in [2.24, 2.45) is 5.10 Å². The Labute approximate surface area is 196 Å². The van der Waals surface area contributed by atoms with Crippen LogP contribution in [0.1, 0.15) is 11.1 Å². The summed E-state index contributed by atoms with van der Waals surface area (Å²) in [5, 5.41) is 14.6. The van der Waals surface area contributed by atoms with Crippen molar-refractivity contribution in [3.8, 4) is 5.75 Å². The molecule has 0 saturated carbocycles. The average Bonchev–Trinajstić information content (AvgIpc) is 2.83. The van der Waals surface area contributed by atoms with E-state index in [9.17, 15) is 23.3 Å². The van der Waals surface area contributed by atoms with E-state index in [0.29, 0.717) is 5.56 Å². The van der Waals surface area contributed by atoms with Crippen molar-refractivity contribution >= 4 is 33.5 Å². The van der Waals surface area contributed by atoms with Gasteiger partial charge in [-0.15, -0.1) is 0 Å². The molecule has 11 heteroatoms. The minimum Gasteiger partial charge on any atom is -0.495 e. The van der Waals surface area contributed by atoms with Crippen molar-refractivity contribution in [2.75, 3.05) is 18.0 Å². The maximum atomic E-state index is 13.4. The summed E-state index contributed by atoms with van der Waals surface area (Å²) in [6.07, 6.45) is 1.30. The highest BCUT2D eigenvalue weighted by Gasteiger charge is 2.29. The predicted molar refractivity (Wildman–Crippen MR) is 128 cm³/mol. The van der Waals surface area contributed by atoms with Gasteiger partial charge in [0.1, 0.15) is 12.3 Å². The summed E-state index contributed by atoms with van der Waals surface area (Å²) in [5.41, 5.74) is 3.81. The summed E-state index contributed by atoms with van der Waals surface area (Å²) in [6, 6.07) is 18.3. The lowest BCUT2D eigenvalue weighted by atomic mass is 10.2. The molecule has 0 radical (unpaired) electrons. The number of carbonyl (C=O) groups is 1. The van der Waals surface area contributed by atoms with Crippen molar-refractivity contribution in [1.82, 2.24) is 5.43 Å². The Balaban J connectivity index is 1.84. The van der Waals surface area contributed by atoms with Crippen molar-refractivity contribution in [1.29, 1.82) is 0 Å². The van der Waals surface area contributed by atoms with E-state index >= 15 is 0 Å². The predicted octanol–water partition coefficient (Wildman–Crippen LogP) is 3.26. The molecular formula is C23H22N4O6S. The Bertz CT molecular complexity index is 1310. The van der Waals surface area contributed by atoms with E-state index in [4.69, 9.17) is 4.74 Å². The molecule has 1 amide bonds. The second-order valence-corrected chi connectivity index (χ2v) is 9.00. The van der Waals surface area contributed by atoms with Crippen LogP contribution in [-0.4, -0.2) is 39.1 Å². The SMILES string of the molecule is COc1ccccc1N(CC(=O)N/N=C\c1ccc([N+](=O)[O-])cc1)S(=O)(=O)c1ccc(C)cc1. The van der Waals surface area contributed by atoms with Crippen molar-refractivity contribution in [3.63, 3.8) is 0 Å². The summed E-state index contributed by atoms with van der Waals surface area (Å²) in [7, 11) is -2.71. The van der Waals surface area contributed by atoms with E-state index in [1.807, 2.05) is 6.92 Å². The number of nitro benzene ring substituents is 1. The number of anilines is 1. The molecule has 0 heterocycles. The van der Waals surface area contributed by atoms with Crippen LogP contribution in [0.5, 0.6) is 5.75 Å². The van der Waals surface area contributed by atoms with E-state index in [-0.39, 0.29) is 22.0 Å². The molecule has 0 aliphatic rings. The Morgan fingerprint density at radius 3 is 2.35 bits per heavy atom. The van der Waals surface area contributed by atoms with Gasteiger partial charge in [-0.3, -0.25) is 19.2 Å². The van der Waals surface area contributed by atoms with Gasteiger partial charge in [-0.1, -0.05) is 29.8 Å². The first-order valence-corrected chi connectivity index (χ1v) is 11.4. The molecule has 0 bridgehead atoms. The minimum absolute atomic E-state index is 0.0196. The summed E-state index contributed by atoms with van der Waals surface area (Å²) >= 11 is 0. The molecule has 0 unspecified atom stereocenters. The zero-order chi connectivity index (χ0) is 24.7. The zero-order valence-corrected chi connectivity index (χ0v) is 19.2. The molecule has 3 aromatic rings. The smallest absolute Gasteiger partial charge is 0.269 e. The fourth-order valence-corrected chi connectivity index (χ4v) is 4.43. The number of ether oxygens (including phenoxy) is 1. The van der Waals surface area contributed by atoms with Crippen LogP contribution in [0.25, 0.3) is 0 Å². The highest BCUT2D eigenvalue weighted by molar-refractivity contribution is 7.92. The quantitative estimate of drug-likeness (QED) is 0.283. The number of non-ortho nitro benzene ring substituents is 1. The molecule has 176 valence electrons. The maximum absolute atomic E-state index is 13.4. The van der Waals surface area contributed by atoms with Gasteiger partial charge in [-0.2, -0.15) is 5.10 Å². The van der Waals surface area contributed by atoms with Gasteiger partial charge >= 0.3 is 0 Å². The number of aryl methyl sites for hydroxylation is 1. The van der Waals surface area contributed by atoms with E-state index in [0.717, 1.165) is 9.87 Å². The van der Waals surface area contributed by atoms with E-state index in [1.54, 1.807) is 30.3 Å². The van der Waals surface area contributed by atoms with Crippen LogP contribution in [0.15, 0.2) is 82.8 Å². The third-order valence-corrected chi connectivity index (χ3v) is 6.53. The molecule has 0 aliphatic heterocycles. The Kier molecular flexibility index (Phi) is 7.59. The van der Waals surface area contributed by atoms with Crippen molar-refractivity contribution in [2.45, 2.75) is 11.8 Å². The van der Waals surface area contributed by atoms with Crippen LogP contribution in [-0.2, 0) is 14.8 Å². The molecule has 0 atom stereocenters. The van der Waals surface area contributed by atoms with Gasteiger partial charge < -0.3 is 4.74 Å². The zero-order valence-electron chi connectivity index (χ0n) is 18.4. The maximum Gasteiger partial charge on any atom is 0.269 e. The van der Waals surface area contributed by atoms with Crippen molar-refractivity contribution in [3.05, 3.63) is 94.0 Å². The minimum atomic E-state index is -4.11. The van der Waals surface area contributed by atoms with Gasteiger partial charge in [0.2, 0.25) is 0 Å². The lowest BCUT2D eigenvalue weighted by molar-refractivity contribution is -0.384. The largest absolute Gasteiger partial charge is 0.495 e. The summed E-state index contributed by atoms with van der Waals surface area (Å²) in [5.74, 6) is -0.417. The molecule has 0 fully saturated rings. The first-order valence-electron chi connectivity index (χ1n) is 10.0. The number of nitro groups is 1. The number of methoxy groups -OCH3 is 1. The number of nitrogens with zero attached hydrogens (tertiary/aromatic N) is 3. The monoisotopic (exact) mass is 482 g/mol. The fraction of sp³-hybridized carbons (Fsp3) is 0.130. The number of para-hydroxylation sites is 2. The summed E-state index contributed by atoms with van der Waals surface area (Å²) in [4.78, 5) is 22.9. The average molecular weight is 483 g/mol. The third kappa shape index (κ3) is 5.75. The van der Waals surface area contributed by atoms with Gasteiger partial charge in [-0.05, 0) is 48.9 Å². The summed E-state index contributed by atoms with van der Waals surface area (Å²) in [6.45, 7) is 1.28. The van der Waals surface area contributed by atoms with E-state index < -0.39 is 27.4 Å². The van der Waals surface area contributed by atoms with Gasteiger partial charge in [0.05, 0.1) is 28.8 Å². The Morgan fingerprint density at radius 2 is 1.74 bits per heavy atom. The third-order valence-electron chi connectivity index (χ3n) is 4.76. The van der Waals surface area contributed by atoms with E-state index in [2.05, 4.69) is 10.5 Å².